The Morgan fingerprint density at radius 1 is 1.29 bits per heavy atom. The summed E-state index contributed by atoms with van der Waals surface area (Å²) in [6, 6.07) is 0. The van der Waals surface area contributed by atoms with Crippen molar-refractivity contribution in [3.63, 3.8) is 0 Å². The van der Waals surface area contributed by atoms with Crippen molar-refractivity contribution in [3.05, 3.63) is 18.2 Å². The fraction of sp³-hybridized carbons (Fsp3) is 0.727. The van der Waals surface area contributed by atoms with Gasteiger partial charge in [0.2, 0.25) is 0 Å². The van der Waals surface area contributed by atoms with E-state index >= 15 is 0 Å². The van der Waals surface area contributed by atoms with Crippen LogP contribution in [0.1, 0.15) is 38.4 Å². The first-order chi connectivity index (χ1) is 6.25. The van der Waals surface area contributed by atoms with Gasteiger partial charge in [0.15, 0.2) is 0 Å². The van der Waals surface area contributed by atoms with E-state index in [0.29, 0.717) is 0 Å². The summed E-state index contributed by atoms with van der Waals surface area (Å²) >= 11 is 0. The quantitative estimate of drug-likeness (QED) is 0.485. The van der Waals surface area contributed by atoms with Gasteiger partial charge in [0, 0.05) is 6.92 Å². The van der Waals surface area contributed by atoms with Crippen LogP contribution >= 0.6 is 0 Å². The van der Waals surface area contributed by atoms with Crippen molar-refractivity contribution in [3.8, 4) is 0 Å². The van der Waals surface area contributed by atoms with Crippen molar-refractivity contribution < 1.29 is 21.5 Å². The molecule has 1 rings (SSSR count). The third-order valence-electron chi connectivity index (χ3n) is 2.65. The van der Waals surface area contributed by atoms with Crippen LogP contribution in [0.2, 0.25) is 0 Å². The zero-order chi connectivity index (χ0) is 9.68. The maximum absolute atomic E-state index is 2.33. The summed E-state index contributed by atoms with van der Waals surface area (Å²) in [5, 5.41) is 0. The summed E-state index contributed by atoms with van der Waals surface area (Å²) < 4.78 is 4.50. The number of nitrogens with zero attached hydrogens (tertiary/aromatic N) is 2. The molecule has 1 heterocycles. The van der Waals surface area contributed by atoms with E-state index in [-0.39, 0.29) is 17.0 Å². The van der Waals surface area contributed by atoms with Crippen LogP contribution in [-0.2, 0) is 13.6 Å². The first kappa shape index (κ1) is 13.7. The zero-order valence-electron chi connectivity index (χ0n) is 9.46. The van der Waals surface area contributed by atoms with Gasteiger partial charge in [-0.2, -0.15) is 0 Å². The Morgan fingerprint density at radius 2 is 2.00 bits per heavy atom. The molecule has 82 valence electrons. The summed E-state index contributed by atoms with van der Waals surface area (Å²) in [5.41, 5.74) is 0. The third-order valence-corrected chi connectivity index (χ3v) is 2.65. The van der Waals surface area contributed by atoms with E-state index in [0.717, 1.165) is 0 Å². The van der Waals surface area contributed by atoms with Crippen LogP contribution in [0.5, 0.6) is 0 Å². The Kier molecular flexibility index (Phi) is 6.89. The monoisotopic (exact) mass is 260 g/mol. The molecule has 0 N–H and O–H groups in total. The van der Waals surface area contributed by atoms with Gasteiger partial charge in [-0.05, 0) is 12.8 Å². The van der Waals surface area contributed by atoms with E-state index in [1.54, 1.807) is 0 Å². The molecule has 0 amide bonds. The molecular formula is C11H21BrN2. The second-order valence-corrected chi connectivity index (χ2v) is 3.71. The molecule has 0 aliphatic rings. The highest BCUT2D eigenvalue weighted by molar-refractivity contribution is 4.78. The van der Waals surface area contributed by atoms with E-state index in [1.165, 1.54) is 38.1 Å². The fourth-order valence-electron chi connectivity index (χ4n) is 1.54. The molecule has 0 aliphatic heterocycles. The molecule has 1 aromatic heterocycles. The predicted octanol–water partition coefficient (Wildman–Crippen LogP) is -0.795. The van der Waals surface area contributed by atoms with Crippen LogP contribution in [0.4, 0.5) is 0 Å². The summed E-state index contributed by atoms with van der Waals surface area (Å²) in [5.74, 6) is 1.34. The highest BCUT2D eigenvalue weighted by atomic mass is 79.9. The molecule has 3 heteroatoms. The van der Waals surface area contributed by atoms with E-state index in [9.17, 15) is 0 Å². The number of halogens is 1. The number of hydrogen-bond donors (Lipinski definition) is 0. The Hall–Kier alpha value is -0.310. The van der Waals surface area contributed by atoms with Gasteiger partial charge in [-0.25, -0.2) is 9.13 Å². The maximum Gasteiger partial charge on any atom is 0.253 e. The first-order valence-corrected chi connectivity index (χ1v) is 5.27. The fourth-order valence-corrected chi connectivity index (χ4v) is 1.54. The zero-order valence-corrected chi connectivity index (χ0v) is 11.0. The molecule has 14 heavy (non-hydrogen) atoms. The predicted molar refractivity (Wildman–Crippen MR) is 54.5 cm³/mol. The Bertz CT molecular complexity index is 256. The number of rotatable bonds is 5. The smallest absolute Gasteiger partial charge is 0.253 e. The second kappa shape index (κ2) is 7.04. The van der Waals surface area contributed by atoms with Crippen molar-refractivity contribution in [1.29, 1.82) is 0 Å². The molecule has 0 aromatic carbocycles. The lowest BCUT2D eigenvalue weighted by Gasteiger charge is -1.98. The lowest BCUT2D eigenvalue weighted by Crippen LogP contribution is -3.00. The van der Waals surface area contributed by atoms with E-state index < -0.39 is 0 Å². The topological polar surface area (TPSA) is 8.81 Å². The summed E-state index contributed by atoms with van der Waals surface area (Å²) in [4.78, 5) is 0. The minimum atomic E-state index is 0. The SMILES string of the molecule is CCCCCCn1cc[n+](C)c1C.[Br-]. The average molecular weight is 261 g/mol. The average Bonchev–Trinajstić information content (AvgIpc) is 2.43. The molecule has 0 bridgehead atoms. The van der Waals surface area contributed by atoms with E-state index in [2.05, 4.69) is 42.4 Å². The first-order valence-electron chi connectivity index (χ1n) is 5.27. The van der Waals surface area contributed by atoms with Gasteiger partial charge in [0.1, 0.15) is 12.4 Å². The number of unbranched alkanes of at least 4 members (excludes halogenated alkanes) is 3. The van der Waals surface area contributed by atoms with Crippen LogP contribution in [0.15, 0.2) is 12.4 Å². The minimum Gasteiger partial charge on any atom is -1.00 e. The van der Waals surface area contributed by atoms with Gasteiger partial charge in [0.25, 0.3) is 5.82 Å². The van der Waals surface area contributed by atoms with Gasteiger partial charge in [-0.15, -0.1) is 0 Å². The molecule has 2 nitrogen and oxygen atoms in total. The molecule has 0 fully saturated rings. The molecule has 0 aliphatic carbocycles. The van der Waals surface area contributed by atoms with Crippen molar-refractivity contribution in [1.82, 2.24) is 4.57 Å². The maximum atomic E-state index is 2.33. The molecule has 0 spiro atoms. The van der Waals surface area contributed by atoms with E-state index in [1.807, 2.05) is 0 Å². The highest BCUT2D eigenvalue weighted by Crippen LogP contribution is 2.02. The van der Waals surface area contributed by atoms with Crippen LogP contribution in [0.3, 0.4) is 0 Å². The van der Waals surface area contributed by atoms with Crippen LogP contribution in [0.25, 0.3) is 0 Å². The summed E-state index contributed by atoms with van der Waals surface area (Å²) in [7, 11) is 2.10. The molecule has 0 saturated heterocycles. The van der Waals surface area contributed by atoms with Crippen molar-refractivity contribution >= 4 is 0 Å². The number of imidazole rings is 1. The van der Waals surface area contributed by atoms with Crippen LogP contribution in [0, 0.1) is 6.92 Å². The summed E-state index contributed by atoms with van der Waals surface area (Å²) in [6.07, 6.45) is 9.64. The Morgan fingerprint density at radius 3 is 2.50 bits per heavy atom. The standard InChI is InChI=1S/C11H21N2.BrH/c1-4-5-6-7-8-13-10-9-12(3)11(13)2;/h9-10H,4-8H2,1-3H3;1H/q+1;/p-1. The number of hydrogen-bond acceptors (Lipinski definition) is 0. The molecule has 0 radical (unpaired) electrons. The Labute approximate surface area is 97.7 Å². The minimum absolute atomic E-state index is 0. The highest BCUT2D eigenvalue weighted by Gasteiger charge is 2.06. The largest absolute Gasteiger partial charge is 1.00 e. The van der Waals surface area contributed by atoms with Gasteiger partial charge in [-0.1, -0.05) is 19.8 Å². The normalized spacial score (nSPS) is 9.93. The van der Waals surface area contributed by atoms with Crippen LogP contribution < -0.4 is 21.5 Å². The third kappa shape index (κ3) is 3.82. The van der Waals surface area contributed by atoms with Crippen molar-refractivity contribution in [2.24, 2.45) is 7.05 Å². The van der Waals surface area contributed by atoms with E-state index in [4.69, 9.17) is 0 Å². The Balaban J connectivity index is 0.00000169. The molecule has 0 atom stereocenters. The van der Waals surface area contributed by atoms with Crippen molar-refractivity contribution in [2.45, 2.75) is 46.1 Å². The van der Waals surface area contributed by atoms with Gasteiger partial charge in [0.05, 0.1) is 13.6 Å². The molecule has 0 unspecified atom stereocenters. The van der Waals surface area contributed by atoms with Crippen LogP contribution in [-0.4, -0.2) is 4.57 Å². The second-order valence-electron chi connectivity index (χ2n) is 3.71. The molecular weight excluding hydrogens is 240 g/mol. The molecule has 0 saturated carbocycles. The molecule has 1 aromatic rings. The lowest BCUT2D eigenvalue weighted by molar-refractivity contribution is -0.677. The number of aryl methyl sites for hydroxylation is 2. The van der Waals surface area contributed by atoms with Gasteiger partial charge < -0.3 is 17.0 Å². The summed E-state index contributed by atoms with van der Waals surface area (Å²) in [6.45, 7) is 5.59. The van der Waals surface area contributed by atoms with Gasteiger partial charge >= 0.3 is 0 Å². The number of aromatic nitrogens is 2. The van der Waals surface area contributed by atoms with Crippen molar-refractivity contribution in [2.75, 3.05) is 0 Å². The van der Waals surface area contributed by atoms with Gasteiger partial charge in [-0.3, -0.25) is 0 Å². The lowest BCUT2D eigenvalue weighted by atomic mass is 10.2.